The van der Waals surface area contributed by atoms with Crippen molar-refractivity contribution in [3.8, 4) is 0 Å². The van der Waals surface area contributed by atoms with Crippen molar-refractivity contribution < 1.29 is 19.1 Å². The van der Waals surface area contributed by atoms with Gasteiger partial charge in [0.2, 0.25) is 11.8 Å². The normalized spacial score (nSPS) is 22.1. The van der Waals surface area contributed by atoms with Gasteiger partial charge in [0.25, 0.3) is 0 Å². The van der Waals surface area contributed by atoms with Crippen LogP contribution in [0.1, 0.15) is 42.7 Å². The lowest BCUT2D eigenvalue weighted by atomic mass is 9.93. The molecule has 2 unspecified atom stereocenters. The Morgan fingerprint density at radius 3 is 2.45 bits per heavy atom. The molecule has 2 amide bonds. The van der Waals surface area contributed by atoms with E-state index >= 15 is 0 Å². The first kappa shape index (κ1) is 21.6. The second-order valence-electron chi connectivity index (χ2n) is 8.22. The molecule has 0 spiro atoms. The second kappa shape index (κ2) is 9.22. The Morgan fingerprint density at radius 2 is 1.84 bits per heavy atom. The summed E-state index contributed by atoms with van der Waals surface area (Å²) in [7, 11) is 0. The van der Waals surface area contributed by atoms with Crippen LogP contribution in [0.25, 0.3) is 0 Å². The lowest BCUT2D eigenvalue weighted by Crippen LogP contribution is -2.44. The molecule has 0 bridgehead atoms. The molecule has 1 aromatic heterocycles. The number of piperidine rings is 1. The van der Waals surface area contributed by atoms with Crippen LogP contribution in [-0.2, 0) is 19.1 Å². The number of aryl methyl sites for hydroxylation is 1. The van der Waals surface area contributed by atoms with Crippen LogP contribution in [0.5, 0.6) is 0 Å². The number of likely N-dealkylation sites (tertiary alicyclic amines) is 1. The lowest BCUT2D eigenvalue weighted by Gasteiger charge is -2.34. The molecule has 2 atom stereocenters. The van der Waals surface area contributed by atoms with E-state index in [1.165, 1.54) is 0 Å². The molecule has 164 valence electrons. The van der Waals surface area contributed by atoms with E-state index in [0.717, 1.165) is 16.1 Å². The van der Waals surface area contributed by atoms with E-state index in [1.807, 2.05) is 53.6 Å². The molecule has 2 aliphatic heterocycles. The van der Waals surface area contributed by atoms with Gasteiger partial charge >= 0.3 is 5.97 Å². The van der Waals surface area contributed by atoms with Gasteiger partial charge in [-0.15, -0.1) is 11.3 Å². The highest BCUT2D eigenvalue weighted by atomic mass is 32.1. The Morgan fingerprint density at radius 1 is 1.13 bits per heavy atom. The Bertz CT molecular complexity index is 933. The molecule has 2 fully saturated rings. The lowest BCUT2D eigenvalue weighted by molar-refractivity contribution is -0.151. The Balaban J connectivity index is 1.54. The number of benzene rings is 1. The van der Waals surface area contributed by atoms with Crippen LogP contribution in [-0.4, -0.2) is 42.4 Å². The van der Waals surface area contributed by atoms with Crippen molar-refractivity contribution in [1.29, 1.82) is 0 Å². The van der Waals surface area contributed by atoms with E-state index in [0.29, 0.717) is 32.5 Å². The van der Waals surface area contributed by atoms with Crippen LogP contribution in [0.15, 0.2) is 41.8 Å². The number of thiophene rings is 1. The van der Waals surface area contributed by atoms with Crippen molar-refractivity contribution in [3.05, 3.63) is 52.2 Å². The fraction of sp³-hybridized carbons (Fsp3) is 0.458. The number of carbonyl (C=O) groups excluding carboxylic acids is 3. The average Bonchev–Trinajstić information content (AvgIpc) is 3.42. The van der Waals surface area contributed by atoms with Gasteiger partial charge in [-0.05, 0) is 50.3 Å². The molecule has 0 N–H and O–H groups in total. The third-order valence-corrected chi connectivity index (χ3v) is 7.16. The molecule has 6 nitrogen and oxygen atoms in total. The number of hydrogen-bond donors (Lipinski definition) is 0. The molecule has 31 heavy (non-hydrogen) atoms. The Hall–Kier alpha value is -2.67. The maximum atomic E-state index is 13.5. The minimum atomic E-state index is -0.424. The summed E-state index contributed by atoms with van der Waals surface area (Å²) in [5.74, 6) is -0.767. The number of carbonyl (C=O) groups is 3. The monoisotopic (exact) mass is 440 g/mol. The van der Waals surface area contributed by atoms with Gasteiger partial charge in [0.1, 0.15) is 0 Å². The zero-order chi connectivity index (χ0) is 22.0. The smallest absolute Gasteiger partial charge is 0.309 e. The highest BCUT2D eigenvalue weighted by Crippen LogP contribution is 2.44. The largest absolute Gasteiger partial charge is 0.466 e. The number of amides is 2. The second-order valence-corrected chi connectivity index (χ2v) is 9.20. The summed E-state index contributed by atoms with van der Waals surface area (Å²) >= 11 is 1.58. The fourth-order valence-corrected chi connectivity index (χ4v) is 5.46. The van der Waals surface area contributed by atoms with Crippen molar-refractivity contribution in [2.45, 2.75) is 39.2 Å². The molecule has 2 aliphatic rings. The van der Waals surface area contributed by atoms with E-state index in [9.17, 15) is 14.4 Å². The van der Waals surface area contributed by atoms with Crippen LogP contribution < -0.4 is 4.90 Å². The van der Waals surface area contributed by atoms with Crippen LogP contribution in [0.3, 0.4) is 0 Å². The van der Waals surface area contributed by atoms with Crippen LogP contribution in [0.2, 0.25) is 0 Å². The topological polar surface area (TPSA) is 66.9 Å². The number of hydrogen-bond acceptors (Lipinski definition) is 5. The fourth-order valence-electron chi connectivity index (χ4n) is 4.58. The van der Waals surface area contributed by atoms with E-state index in [1.54, 1.807) is 23.2 Å². The number of rotatable bonds is 5. The van der Waals surface area contributed by atoms with Gasteiger partial charge in [-0.25, -0.2) is 0 Å². The van der Waals surface area contributed by atoms with Crippen molar-refractivity contribution in [2.75, 3.05) is 24.6 Å². The van der Waals surface area contributed by atoms with Crippen molar-refractivity contribution in [3.63, 3.8) is 0 Å². The summed E-state index contributed by atoms with van der Waals surface area (Å²) in [5.41, 5.74) is 1.95. The molecule has 4 rings (SSSR count). The van der Waals surface area contributed by atoms with Gasteiger partial charge in [0, 0.05) is 30.1 Å². The molecule has 1 aromatic carbocycles. The van der Waals surface area contributed by atoms with Crippen molar-refractivity contribution in [1.82, 2.24) is 4.90 Å². The predicted octanol–water partition coefficient (Wildman–Crippen LogP) is 3.95. The number of ether oxygens (including phenoxy) is 1. The van der Waals surface area contributed by atoms with Crippen molar-refractivity contribution >= 4 is 34.8 Å². The van der Waals surface area contributed by atoms with Gasteiger partial charge in [-0.1, -0.05) is 23.8 Å². The molecule has 2 aromatic rings. The minimum absolute atomic E-state index is 0.00340. The zero-order valence-electron chi connectivity index (χ0n) is 18.0. The predicted molar refractivity (Wildman–Crippen MR) is 120 cm³/mol. The molecule has 2 saturated heterocycles. The van der Waals surface area contributed by atoms with Crippen LogP contribution in [0.4, 0.5) is 5.69 Å². The molecule has 3 heterocycles. The molecular weight excluding hydrogens is 412 g/mol. The highest BCUT2D eigenvalue weighted by molar-refractivity contribution is 7.10. The maximum Gasteiger partial charge on any atom is 0.309 e. The Labute approximate surface area is 186 Å². The van der Waals surface area contributed by atoms with Gasteiger partial charge in [-0.2, -0.15) is 0 Å². The summed E-state index contributed by atoms with van der Waals surface area (Å²) in [6.45, 7) is 5.24. The molecule has 7 heteroatoms. The zero-order valence-corrected chi connectivity index (χ0v) is 18.8. The third-order valence-electron chi connectivity index (χ3n) is 6.21. The van der Waals surface area contributed by atoms with E-state index in [-0.39, 0.29) is 36.2 Å². The summed E-state index contributed by atoms with van der Waals surface area (Å²) in [4.78, 5) is 43.3. The first-order valence-corrected chi connectivity index (χ1v) is 11.7. The summed E-state index contributed by atoms with van der Waals surface area (Å²) in [5, 5.41) is 1.98. The molecular formula is C24H28N2O4S. The van der Waals surface area contributed by atoms with Gasteiger partial charge < -0.3 is 14.5 Å². The van der Waals surface area contributed by atoms with Crippen LogP contribution >= 0.6 is 11.3 Å². The van der Waals surface area contributed by atoms with E-state index < -0.39 is 5.92 Å². The highest BCUT2D eigenvalue weighted by Gasteiger charge is 2.47. The van der Waals surface area contributed by atoms with Crippen LogP contribution in [0, 0.1) is 18.8 Å². The van der Waals surface area contributed by atoms with E-state index in [2.05, 4.69) is 0 Å². The summed E-state index contributed by atoms with van der Waals surface area (Å²) < 4.78 is 5.14. The minimum Gasteiger partial charge on any atom is -0.466 e. The van der Waals surface area contributed by atoms with Gasteiger partial charge in [0.15, 0.2) is 0 Å². The number of anilines is 1. The molecule has 0 radical (unpaired) electrons. The summed E-state index contributed by atoms with van der Waals surface area (Å²) in [6, 6.07) is 11.5. The molecule has 0 saturated carbocycles. The quantitative estimate of drug-likeness (QED) is 0.661. The number of nitrogens with zero attached hydrogens (tertiary/aromatic N) is 2. The maximum absolute atomic E-state index is 13.5. The average molecular weight is 441 g/mol. The third kappa shape index (κ3) is 4.37. The van der Waals surface area contributed by atoms with E-state index in [4.69, 9.17) is 4.74 Å². The SMILES string of the molecule is CCOC(=O)C1CCN(C(=O)C2CC(=O)N(c3ccc(C)cc3)C2c2cccs2)CC1. The first-order chi connectivity index (χ1) is 15.0. The standard InChI is InChI=1S/C24H28N2O4S/c1-3-30-24(29)17-10-12-25(13-11-17)23(28)19-15-21(27)26(18-8-6-16(2)7-9-18)22(19)20-5-4-14-31-20/h4-9,14,17,19,22H,3,10-13,15H2,1-2H3. The van der Waals surface area contributed by atoms with Gasteiger partial charge in [0.05, 0.1) is 24.5 Å². The summed E-state index contributed by atoms with van der Waals surface area (Å²) in [6.07, 6.45) is 1.42. The van der Waals surface area contributed by atoms with Gasteiger partial charge in [-0.3, -0.25) is 14.4 Å². The first-order valence-electron chi connectivity index (χ1n) is 10.9. The molecule has 0 aliphatic carbocycles. The number of esters is 1. The van der Waals surface area contributed by atoms with Crippen molar-refractivity contribution in [2.24, 2.45) is 11.8 Å². The Kier molecular flexibility index (Phi) is 6.41.